The zero-order valence-electron chi connectivity index (χ0n) is 11.5. The van der Waals surface area contributed by atoms with Gasteiger partial charge < -0.3 is 11.1 Å². The third kappa shape index (κ3) is 3.49. The molecular weight excluding hydrogens is 220 g/mol. The van der Waals surface area contributed by atoms with Crippen LogP contribution in [0.3, 0.4) is 0 Å². The SMILES string of the molecule is CCC1(CNCCc2ccc(N)cc2)CCCC1. The maximum Gasteiger partial charge on any atom is 0.0314 e. The summed E-state index contributed by atoms with van der Waals surface area (Å²) in [6.07, 6.45) is 8.10. The van der Waals surface area contributed by atoms with E-state index in [0.717, 1.165) is 18.7 Å². The molecule has 3 N–H and O–H groups in total. The summed E-state index contributed by atoms with van der Waals surface area (Å²) < 4.78 is 0. The fourth-order valence-corrected chi connectivity index (χ4v) is 3.05. The fraction of sp³-hybridized carbons (Fsp3) is 0.625. The summed E-state index contributed by atoms with van der Waals surface area (Å²) in [6.45, 7) is 4.61. The average Bonchev–Trinajstić information content (AvgIpc) is 2.86. The van der Waals surface area contributed by atoms with Crippen molar-refractivity contribution in [2.24, 2.45) is 5.41 Å². The van der Waals surface area contributed by atoms with Crippen molar-refractivity contribution < 1.29 is 0 Å². The minimum absolute atomic E-state index is 0.598. The summed E-state index contributed by atoms with van der Waals surface area (Å²) in [5.41, 5.74) is 8.50. The van der Waals surface area contributed by atoms with Crippen LogP contribution in [0.2, 0.25) is 0 Å². The Bertz CT molecular complexity index is 350. The number of nitrogen functional groups attached to an aromatic ring is 1. The quantitative estimate of drug-likeness (QED) is 0.596. The van der Waals surface area contributed by atoms with E-state index in [-0.39, 0.29) is 0 Å². The summed E-state index contributed by atoms with van der Waals surface area (Å²) in [5.74, 6) is 0. The van der Waals surface area contributed by atoms with Gasteiger partial charge in [-0.15, -0.1) is 0 Å². The molecular formula is C16H26N2. The molecule has 2 nitrogen and oxygen atoms in total. The number of hydrogen-bond acceptors (Lipinski definition) is 2. The van der Waals surface area contributed by atoms with Crippen LogP contribution in [0, 0.1) is 5.41 Å². The van der Waals surface area contributed by atoms with E-state index in [1.165, 1.54) is 44.2 Å². The molecule has 0 saturated heterocycles. The Morgan fingerprint density at radius 1 is 1.17 bits per heavy atom. The largest absolute Gasteiger partial charge is 0.399 e. The van der Waals surface area contributed by atoms with E-state index in [2.05, 4.69) is 24.4 Å². The van der Waals surface area contributed by atoms with E-state index in [0.29, 0.717) is 5.41 Å². The molecule has 0 aromatic heterocycles. The molecule has 0 radical (unpaired) electrons. The first kappa shape index (κ1) is 13.4. The summed E-state index contributed by atoms with van der Waals surface area (Å²) in [4.78, 5) is 0. The topological polar surface area (TPSA) is 38.0 Å². The molecule has 0 aliphatic heterocycles. The second kappa shape index (κ2) is 6.24. The molecule has 1 aromatic carbocycles. The number of rotatable bonds is 6. The van der Waals surface area contributed by atoms with E-state index >= 15 is 0 Å². The molecule has 0 spiro atoms. The van der Waals surface area contributed by atoms with Crippen LogP contribution in [0.1, 0.15) is 44.6 Å². The van der Waals surface area contributed by atoms with Gasteiger partial charge >= 0.3 is 0 Å². The Kier molecular flexibility index (Phi) is 4.65. The van der Waals surface area contributed by atoms with Gasteiger partial charge in [0.05, 0.1) is 0 Å². The second-order valence-corrected chi connectivity index (χ2v) is 5.73. The number of nitrogens with one attached hydrogen (secondary N) is 1. The molecule has 1 aromatic rings. The minimum atomic E-state index is 0.598. The Labute approximate surface area is 111 Å². The van der Waals surface area contributed by atoms with Crippen LogP contribution < -0.4 is 11.1 Å². The van der Waals surface area contributed by atoms with Crippen LogP contribution in [0.5, 0.6) is 0 Å². The Hall–Kier alpha value is -1.02. The highest BCUT2D eigenvalue weighted by Gasteiger charge is 2.31. The molecule has 0 atom stereocenters. The minimum Gasteiger partial charge on any atom is -0.399 e. The zero-order valence-corrected chi connectivity index (χ0v) is 11.5. The average molecular weight is 246 g/mol. The van der Waals surface area contributed by atoms with Gasteiger partial charge in [-0.2, -0.15) is 0 Å². The molecule has 2 rings (SSSR count). The van der Waals surface area contributed by atoms with E-state index in [1.807, 2.05) is 12.1 Å². The van der Waals surface area contributed by atoms with Crippen LogP contribution in [0.25, 0.3) is 0 Å². The van der Waals surface area contributed by atoms with Gasteiger partial charge in [0.15, 0.2) is 0 Å². The number of benzene rings is 1. The lowest BCUT2D eigenvalue weighted by Crippen LogP contribution is -2.32. The predicted molar refractivity (Wildman–Crippen MR) is 78.6 cm³/mol. The first-order valence-corrected chi connectivity index (χ1v) is 7.29. The van der Waals surface area contributed by atoms with Crippen molar-refractivity contribution in [1.82, 2.24) is 5.32 Å². The van der Waals surface area contributed by atoms with Gasteiger partial charge in [-0.05, 0) is 55.3 Å². The number of nitrogens with two attached hydrogens (primary N) is 1. The lowest BCUT2D eigenvalue weighted by Gasteiger charge is -2.27. The molecule has 1 aliphatic rings. The van der Waals surface area contributed by atoms with Gasteiger partial charge in [0.1, 0.15) is 0 Å². The Morgan fingerprint density at radius 2 is 1.83 bits per heavy atom. The molecule has 0 amide bonds. The van der Waals surface area contributed by atoms with Gasteiger partial charge in [-0.3, -0.25) is 0 Å². The van der Waals surface area contributed by atoms with Gasteiger partial charge in [-0.25, -0.2) is 0 Å². The van der Waals surface area contributed by atoms with E-state index < -0.39 is 0 Å². The molecule has 0 heterocycles. The second-order valence-electron chi connectivity index (χ2n) is 5.73. The van der Waals surface area contributed by atoms with Crippen molar-refractivity contribution in [2.45, 2.75) is 45.4 Å². The number of anilines is 1. The standard InChI is InChI=1S/C16H26N2/c1-2-16(10-3-4-11-16)13-18-12-9-14-5-7-15(17)8-6-14/h5-8,18H,2-4,9-13,17H2,1H3. The highest BCUT2D eigenvalue weighted by molar-refractivity contribution is 5.39. The monoisotopic (exact) mass is 246 g/mol. The molecule has 2 heteroatoms. The highest BCUT2D eigenvalue weighted by atomic mass is 14.9. The van der Waals surface area contributed by atoms with Crippen molar-refractivity contribution in [3.63, 3.8) is 0 Å². The highest BCUT2D eigenvalue weighted by Crippen LogP contribution is 2.40. The summed E-state index contributed by atoms with van der Waals surface area (Å²) in [6, 6.07) is 8.23. The van der Waals surface area contributed by atoms with E-state index in [1.54, 1.807) is 0 Å². The predicted octanol–water partition coefficient (Wildman–Crippen LogP) is 3.37. The van der Waals surface area contributed by atoms with Gasteiger partial charge in [0, 0.05) is 12.2 Å². The normalized spacial score (nSPS) is 18.1. The summed E-state index contributed by atoms with van der Waals surface area (Å²) in [7, 11) is 0. The number of hydrogen-bond donors (Lipinski definition) is 2. The fourth-order valence-electron chi connectivity index (χ4n) is 3.05. The van der Waals surface area contributed by atoms with Crippen molar-refractivity contribution in [3.8, 4) is 0 Å². The molecule has 1 saturated carbocycles. The molecule has 0 bridgehead atoms. The molecule has 18 heavy (non-hydrogen) atoms. The zero-order chi connectivity index (χ0) is 12.8. The maximum absolute atomic E-state index is 5.68. The molecule has 1 aliphatic carbocycles. The van der Waals surface area contributed by atoms with Gasteiger partial charge in [0.25, 0.3) is 0 Å². The van der Waals surface area contributed by atoms with Crippen molar-refractivity contribution in [2.75, 3.05) is 18.8 Å². The first-order chi connectivity index (χ1) is 8.74. The summed E-state index contributed by atoms with van der Waals surface area (Å²) >= 11 is 0. The smallest absolute Gasteiger partial charge is 0.0314 e. The van der Waals surface area contributed by atoms with Gasteiger partial charge in [-0.1, -0.05) is 31.9 Å². The van der Waals surface area contributed by atoms with E-state index in [9.17, 15) is 0 Å². The first-order valence-electron chi connectivity index (χ1n) is 7.29. The molecule has 1 fully saturated rings. The third-order valence-corrected chi connectivity index (χ3v) is 4.48. The van der Waals surface area contributed by atoms with Crippen LogP contribution in [0.15, 0.2) is 24.3 Å². The molecule has 100 valence electrons. The Balaban J connectivity index is 1.71. The van der Waals surface area contributed by atoms with Crippen molar-refractivity contribution in [3.05, 3.63) is 29.8 Å². The Morgan fingerprint density at radius 3 is 2.44 bits per heavy atom. The van der Waals surface area contributed by atoms with Crippen molar-refractivity contribution >= 4 is 5.69 Å². The van der Waals surface area contributed by atoms with Crippen molar-refractivity contribution in [1.29, 1.82) is 0 Å². The van der Waals surface area contributed by atoms with Crippen LogP contribution in [-0.2, 0) is 6.42 Å². The van der Waals surface area contributed by atoms with Crippen LogP contribution in [-0.4, -0.2) is 13.1 Å². The maximum atomic E-state index is 5.68. The summed E-state index contributed by atoms with van der Waals surface area (Å²) in [5, 5.41) is 3.65. The molecule has 0 unspecified atom stereocenters. The third-order valence-electron chi connectivity index (χ3n) is 4.48. The lowest BCUT2D eigenvalue weighted by atomic mass is 9.83. The van der Waals surface area contributed by atoms with E-state index in [4.69, 9.17) is 5.73 Å². The van der Waals surface area contributed by atoms with Crippen LogP contribution in [0.4, 0.5) is 5.69 Å². The van der Waals surface area contributed by atoms with Crippen LogP contribution >= 0.6 is 0 Å². The lowest BCUT2D eigenvalue weighted by molar-refractivity contribution is 0.270. The van der Waals surface area contributed by atoms with Gasteiger partial charge in [0.2, 0.25) is 0 Å².